The van der Waals surface area contributed by atoms with E-state index in [9.17, 15) is 18.0 Å². The van der Waals surface area contributed by atoms with E-state index < -0.39 is 23.3 Å². The fourth-order valence-electron chi connectivity index (χ4n) is 5.24. The van der Waals surface area contributed by atoms with Crippen molar-refractivity contribution >= 4 is 22.5 Å². The monoisotopic (exact) mass is 546 g/mol. The van der Waals surface area contributed by atoms with E-state index in [-0.39, 0.29) is 11.7 Å². The van der Waals surface area contributed by atoms with Crippen LogP contribution in [0.3, 0.4) is 0 Å². The van der Waals surface area contributed by atoms with Crippen molar-refractivity contribution in [1.82, 2.24) is 25.0 Å². The number of nitrogens with one attached hydrogen (secondary N) is 2. The molecule has 2 N–H and O–H groups in total. The Morgan fingerprint density at radius 3 is 2.67 bits per heavy atom. The summed E-state index contributed by atoms with van der Waals surface area (Å²) in [5, 5.41) is 11.4. The van der Waals surface area contributed by atoms with Gasteiger partial charge in [0, 0.05) is 43.5 Å². The highest BCUT2D eigenvalue weighted by Crippen LogP contribution is 2.34. The first-order valence-corrected chi connectivity index (χ1v) is 13.3. The number of pyridine rings is 1. The van der Waals surface area contributed by atoms with Gasteiger partial charge in [-0.1, -0.05) is 0 Å². The van der Waals surface area contributed by atoms with Crippen LogP contribution in [0.1, 0.15) is 47.8 Å². The topological polar surface area (TPSA) is 93.5 Å². The molecule has 1 aromatic carbocycles. The van der Waals surface area contributed by atoms with E-state index >= 15 is 0 Å². The highest BCUT2D eigenvalue weighted by molar-refractivity contribution is 6.06. The van der Waals surface area contributed by atoms with Gasteiger partial charge >= 0.3 is 6.18 Å². The number of nitrogens with zero attached hydrogens (tertiary/aromatic N) is 4. The van der Waals surface area contributed by atoms with Crippen LogP contribution in [-0.4, -0.2) is 78.1 Å². The number of halogens is 3. The predicted octanol–water partition coefficient (Wildman–Crippen LogP) is 4.12. The van der Waals surface area contributed by atoms with Gasteiger partial charge in [-0.05, 0) is 57.0 Å². The average Bonchev–Trinajstić information content (AvgIpc) is 3.36. The van der Waals surface area contributed by atoms with E-state index in [0.717, 1.165) is 88.7 Å². The second kappa shape index (κ2) is 11.9. The molecular formula is C27H33F3N6O3. The molecule has 2 aliphatic rings. The van der Waals surface area contributed by atoms with Gasteiger partial charge in [0.05, 0.1) is 42.6 Å². The molecule has 9 nitrogen and oxygen atoms in total. The predicted molar refractivity (Wildman–Crippen MR) is 140 cm³/mol. The van der Waals surface area contributed by atoms with Gasteiger partial charge in [0.1, 0.15) is 11.4 Å². The number of fused-ring (bicyclic) bond motifs is 1. The van der Waals surface area contributed by atoms with Crippen LogP contribution >= 0.6 is 0 Å². The molecule has 2 aromatic heterocycles. The number of piperidine rings is 2. The minimum atomic E-state index is -4.70. The lowest BCUT2D eigenvalue weighted by atomic mass is 10.1. The molecule has 2 fully saturated rings. The average molecular weight is 547 g/mol. The molecule has 210 valence electrons. The zero-order valence-electron chi connectivity index (χ0n) is 21.8. The Balaban J connectivity index is 1.23. The first-order valence-electron chi connectivity index (χ1n) is 13.3. The standard InChI is InChI=1S/C27H33F3N6O3/c1-38-24-16-22-18(15-23(24)33-26(37)25-21(27(28,29)30)3-2-8-32-25)17-36(34-22)19-6-11-35(12-7-19)13-14-39-20-4-9-31-10-5-20/h2-3,8,15-17,19-20,31H,4-7,9-14H2,1H3,(H,33,37). The van der Waals surface area contributed by atoms with Gasteiger partial charge in [-0.15, -0.1) is 0 Å². The number of alkyl halides is 3. The second-order valence-corrected chi connectivity index (χ2v) is 9.96. The van der Waals surface area contributed by atoms with Gasteiger partial charge < -0.3 is 25.0 Å². The number of aromatic nitrogens is 3. The lowest BCUT2D eigenvalue weighted by Gasteiger charge is -2.32. The van der Waals surface area contributed by atoms with Crippen LogP contribution < -0.4 is 15.4 Å². The van der Waals surface area contributed by atoms with Crippen molar-refractivity contribution < 1.29 is 27.4 Å². The number of ether oxygens (including phenoxy) is 2. The molecule has 0 radical (unpaired) electrons. The number of carbonyl (C=O) groups excluding carboxylic acids is 1. The lowest BCUT2D eigenvalue weighted by molar-refractivity contribution is -0.138. The van der Waals surface area contributed by atoms with Crippen molar-refractivity contribution in [1.29, 1.82) is 0 Å². The Labute approximate surface area is 224 Å². The van der Waals surface area contributed by atoms with Crippen LogP contribution in [0.2, 0.25) is 0 Å². The summed E-state index contributed by atoms with van der Waals surface area (Å²) >= 11 is 0. The van der Waals surface area contributed by atoms with Crippen LogP contribution in [-0.2, 0) is 10.9 Å². The van der Waals surface area contributed by atoms with Gasteiger partial charge in [-0.2, -0.15) is 18.3 Å². The van der Waals surface area contributed by atoms with E-state index in [1.165, 1.54) is 7.11 Å². The Morgan fingerprint density at radius 1 is 1.18 bits per heavy atom. The van der Waals surface area contributed by atoms with E-state index in [2.05, 4.69) is 20.5 Å². The first-order chi connectivity index (χ1) is 18.8. The summed E-state index contributed by atoms with van der Waals surface area (Å²) in [7, 11) is 1.43. The van der Waals surface area contributed by atoms with E-state index in [4.69, 9.17) is 14.6 Å². The molecule has 1 amide bonds. The van der Waals surface area contributed by atoms with Crippen LogP contribution in [0, 0.1) is 0 Å². The Kier molecular flexibility index (Phi) is 8.34. The molecule has 0 aliphatic carbocycles. The number of carbonyl (C=O) groups is 1. The van der Waals surface area contributed by atoms with Crippen molar-refractivity contribution in [2.24, 2.45) is 0 Å². The van der Waals surface area contributed by atoms with E-state index in [1.54, 1.807) is 12.1 Å². The normalized spacial score (nSPS) is 17.9. The summed E-state index contributed by atoms with van der Waals surface area (Å²) in [6.07, 6.45) is 2.76. The van der Waals surface area contributed by atoms with Crippen LogP contribution in [0.25, 0.3) is 10.9 Å². The minimum Gasteiger partial charge on any atom is -0.494 e. The molecule has 4 heterocycles. The molecule has 3 aromatic rings. The van der Waals surface area contributed by atoms with E-state index in [1.807, 2.05) is 10.9 Å². The highest BCUT2D eigenvalue weighted by atomic mass is 19.4. The fraction of sp³-hybridized carbons (Fsp3) is 0.519. The van der Waals surface area contributed by atoms with E-state index in [0.29, 0.717) is 17.4 Å². The number of benzene rings is 1. The summed E-state index contributed by atoms with van der Waals surface area (Å²) in [6.45, 7) is 5.62. The lowest BCUT2D eigenvalue weighted by Crippen LogP contribution is -2.38. The zero-order valence-corrected chi connectivity index (χ0v) is 21.8. The Hall–Kier alpha value is -3.22. The maximum atomic E-state index is 13.4. The van der Waals surface area contributed by atoms with Crippen molar-refractivity contribution in [2.45, 2.75) is 44.0 Å². The zero-order chi connectivity index (χ0) is 27.4. The van der Waals surface area contributed by atoms with Gasteiger partial charge in [-0.3, -0.25) is 14.5 Å². The number of anilines is 1. The molecule has 2 aliphatic heterocycles. The molecule has 0 bridgehead atoms. The van der Waals surface area contributed by atoms with Crippen LogP contribution in [0.5, 0.6) is 5.75 Å². The number of methoxy groups -OCH3 is 1. The van der Waals surface area contributed by atoms with Crippen molar-refractivity contribution in [3.63, 3.8) is 0 Å². The molecule has 0 atom stereocenters. The van der Waals surface area contributed by atoms with Crippen molar-refractivity contribution in [3.05, 3.63) is 47.9 Å². The maximum absolute atomic E-state index is 13.4. The SMILES string of the molecule is COc1cc2nn(C3CCN(CCOC4CCNCC4)CC3)cc2cc1NC(=O)c1ncccc1C(F)(F)F. The van der Waals surface area contributed by atoms with Crippen LogP contribution in [0.15, 0.2) is 36.7 Å². The number of hydrogen-bond donors (Lipinski definition) is 2. The molecular weight excluding hydrogens is 513 g/mol. The largest absolute Gasteiger partial charge is 0.494 e. The number of hydrogen-bond acceptors (Lipinski definition) is 7. The summed E-state index contributed by atoms with van der Waals surface area (Å²) in [6, 6.07) is 5.55. The molecule has 2 saturated heterocycles. The molecule has 0 saturated carbocycles. The molecule has 12 heteroatoms. The highest BCUT2D eigenvalue weighted by Gasteiger charge is 2.36. The third kappa shape index (κ3) is 6.51. The summed E-state index contributed by atoms with van der Waals surface area (Å²) in [4.78, 5) is 18.9. The molecule has 5 rings (SSSR count). The van der Waals surface area contributed by atoms with Crippen molar-refractivity contribution in [3.8, 4) is 5.75 Å². The number of rotatable bonds is 8. The third-order valence-electron chi connectivity index (χ3n) is 7.40. The number of amides is 1. The molecule has 0 unspecified atom stereocenters. The molecule has 39 heavy (non-hydrogen) atoms. The molecule has 0 spiro atoms. The maximum Gasteiger partial charge on any atom is 0.418 e. The summed E-state index contributed by atoms with van der Waals surface area (Å²) in [5.74, 6) is -0.668. The third-order valence-corrected chi connectivity index (χ3v) is 7.40. The van der Waals surface area contributed by atoms with Gasteiger partial charge in [-0.25, -0.2) is 0 Å². The Bertz CT molecular complexity index is 1280. The minimum absolute atomic E-state index is 0.228. The van der Waals surface area contributed by atoms with Gasteiger partial charge in [0.2, 0.25) is 0 Å². The van der Waals surface area contributed by atoms with Gasteiger partial charge in [0.25, 0.3) is 5.91 Å². The summed E-state index contributed by atoms with van der Waals surface area (Å²) in [5.41, 5.74) is -0.872. The second-order valence-electron chi connectivity index (χ2n) is 9.96. The van der Waals surface area contributed by atoms with Crippen LogP contribution in [0.4, 0.5) is 18.9 Å². The number of likely N-dealkylation sites (tertiary alicyclic amines) is 1. The quantitative estimate of drug-likeness (QED) is 0.439. The van der Waals surface area contributed by atoms with Crippen molar-refractivity contribution in [2.75, 3.05) is 51.8 Å². The fourth-order valence-corrected chi connectivity index (χ4v) is 5.24. The first kappa shape index (κ1) is 27.4. The van der Waals surface area contributed by atoms with Gasteiger partial charge in [0.15, 0.2) is 0 Å². The smallest absolute Gasteiger partial charge is 0.418 e. The summed E-state index contributed by atoms with van der Waals surface area (Å²) < 4.78 is 53.5. The Morgan fingerprint density at radius 2 is 1.95 bits per heavy atom.